The topological polar surface area (TPSA) is 84.7 Å². The van der Waals surface area contributed by atoms with Crippen LogP contribution in [0, 0.1) is 6.92 Å². The number of carbonyl (C=O) groups is 1. The van der Waals surface area contributed by atoms with Crippen LogP contribution in [0.4, 0.5) is 5.82 Å². The summed E-state index contributed by atoms with van der Waals surface area (Å²) in [6, 6.07) is 7.80. The van der Waals surface area contributed by atoms with E-state index in [2.05, 4.69) is 41.5 Å². The third kappa shape index (κ3) is 5.47. The SMILES string of the molecule is CCCSc1nc(NC(C)C)c2cnn(CCNC(=O)c3ccc(C)cc3)c2n1. The zero-order valence-corrected chi connectivity index (χ0v) is 18.2. The number of thioether (sulfide) groups is 1. The molecule has 2 heterocycles. The molecule has 0 aliphatic carbocycles. The van der Waals surface area contributed by atoms with Crippen molar-refractivity contribution in [3.8, 4) is 0 Å². The molecule has 0 saturated heterocycles. The van der Waals surface area contributed by atoms with Crippen molar-refractivity contribution >= 4 is 34.5 Å². The van der Waals surface area contributed by atoms with Crippen LogP contribution in [0.25, 0.3) is 11.0 Å². The second kappa shape index (κ2) is 9.73. The van der Waals surface area contributed by atoms with Gasteiger partial charge >= 0.3 is 0 Å². The van der Waals surface area contributed by atoms with Crippen molar-refractivity contribution in [2.45, 2.75) is 51.9 Å². The number of fused-ring (bicyclic) bond motifs is 1. The molecule has 0 fully saturated rings. The molecule has 0 aliphatic heterocycles. The number of rotatable bonds is 9. The van der Waals surface area contributed by atoms with Crippen LogP contribution in [0.5, 0.6) is 0 Å². The minimum Gasteiger partial charge on any atom is -0.367 e. The Labute approximate surface area is 175 Å². The maximum absolute atomic E-state index is 12.3. The molecule has 0 unspecified atom stereocenters. The van der Waals surface area contributed by atoms with Crippen LogP contribution < -0.4 is 10.6 Å². The third-order valence-corrected chi connectivity index (χ3v) is 5.31. The lowest BCUT2D eigenvalue weighted by Crippen LogP contribution is -2.27. The molecule has 0 saturated carbocycles. The summed E-state index contributed by atoms with van der Waals surface area (Å²) < 4.78 is 1.83. The van der Waals surface area contributed by atoms with Crippen molar-refractivity contribution in [3.05, 3.63) is 41.6 Å². The monoisotopic (exact) mass is 412 g/mol. The average Bonchev–Trinajstić information content (AvgIpc) is 3.09. The second-order valence-corrected chi connectivity index (χ2v) is 8.29. The Balaban J connectivity index is 1.74. The molecule has 8 heteroatoms. The number of amides is 1. The molecule has 0 spiro atoms. The lowest BCUT2D eigenvalue weighted by Gasteiger charge is -2.12. The molecule has 2 N–H and O–H groups in total. The van der Waals surface area contributed by atoms with Gasteiger partial charge in [0.05, 0.1) is 18.1 Å². The summed E-state index contributed by atoms with van der Waals surface area (Å²) in [6.45, 7) is 9.31. The van der Waals surface area contributed by atoms with E-state index in [-0.39, 0.29) is 11.9 Å². The van der Waals surface area contributed by atoms with E-state index in [0.717, 1.165) is 39.7 Å². The van der Waals surface area contributed by atoms with Crippen LogP contribution in [0.1, 0.15) is 43.1 Å². The molecule has 7 nitrogen and oxygen atoms in total. The summed E-state index contributed by atoms with van der Waals surface area (Å²) in [5.74, 6) is 1.68. The predicted octanol–water partition coefficient (Wildman–Crippen LogP) is 3.89. The normalized spacial score (nSPS) is 11.2. The van der Waals surface area contributed by atoms with Gasteiger partial charge in [0.25, 0.3) is 5.91 Å². The number of nitrogens with one attached hydrogen (secondary N) is 2. The molecular weight excluding hydrogens is 384 g/mol. The quantitative estimate of drug-likeness (QED) is 0.410. The molecule has 0 bridgehead atoms. The van der Waals surface area contributed by atoms with Gasteiger partial charge in [-0.2, -0.15) is 5.10 Å². The van der Waals surface area contributed by atoms with E-state index in [1.165, 1.54) is 0 Å². The number of nitrogens with zero attached hydrogens (tertiary/aromatic N) is 4. The van der Waals surface area contributed by atoms with Crippen LogP contribution in [0.3, 0.4) is 0 Å². The van der Waals surface area contributed by atoms with E-state index >= 15 is 0 Å². The first-order chi connectivity index (χ1) is 14.0. The Kier molecular flexibility index (Phi) is 7.09. The standard InChI is InChI=1S/C21H28N6OS/c1-5-12-29-21-25-18(24-14(2)3)17-13-23-27(19(17)26-21)11-10-22-20(28)16-8-6-15(4)7-9-16/h6-9,13-14H,5,10-12H2,1-4H3,(H,22,28)(H,24,25,26). The summed E-state index contributed by atoms with van der Waals surface area (Å²) in [5, 5.41) is 12.5. The fourth-order valence-corrected chi connectivity index (χ4v) is 3.52. The summed E-state index contributed by atoms with van der Waals surface area (Å²) >= 11 is 1.64. The number of anilines is 1. The average molecular weight is 413 g/mol. The van der Waals surface area contributed by atoms with Gasteiger partial charge < -0.3 is 10.6 Å². The number of hydrogen-bond donors (Lipinski definition) is 2. The first-order valence-electron chi connectivity index (χ1n) is 9.95. The smallest absolute Gasteiger partial charge is 0.251 e. The van der Waals surface area contributed by atoms with E-state index in [0.29, 0.717) is 18.7 Å². The predicted molar refractivity (Wildman–Crippen MR) is 119 cm³/mol. The Morgan fingerprint density at radius 1 is 1.21 bits per heavy atom. The first kappa shape index (κ1) is 21.1. The van der Waals surface area contributed by atoms with E-state index in [4.69, 9.17) is 4.98 Å². The summed E-state index contributed by atoms with van der Waals surface area (Å²) in [5.41, 5.74) is 2.57. The van der Waals surface area contributed by atoms with E-state index < -0.39 is 0 Å². The van der Waals surface area contributed by atoms with Crippen LogP contribution >= 0.6 is 11.8 Å². The van der Waals surface area contributed by atoms with Crippen molar-refractivity contribution < 1.29 is 4.79 Å². The van der Waals surface area contributed by atoms with Gasteiger partial charge in [-0.1, -0.05) is 36.4 Å². The minimum atomic E-state index is -0.0857. The molecule has 0 aliphatic rings. The molecule has 0 atom stereocenters. The fourth-order valence-electron chi connectivity index (χ4n) is 2.82. The summed E-state index contributed by atoms with van der Waals surface area (Å²) in [6.07, 6.45) is 2.85. The maximum atomic E-state index is 12.3. The van der Waals surface area contributed by atoms with Crippen molar-refractivity contribution in [1.82, 2.24) is 25.1 Å². The highest BCUT2D eigenvalue weighted by Gasteiger charge is 2.14. The summed E-state index contributed by atoms with van der Waals surface area (Å²) in [7, 11) is 0. The Bertz CT molecular complexity index is 967. The van der Waals surface area contributed by atoms with Gasteiger partial charge in [0, 0.05) is 23.9 Å². The highest BCUT2D eigenvalue weighted by molar-refractivity contribution is 7.99. The highest BCUT2D eigenvalue weighted by atomic mass is 32.2. The zero-order chi connectivity index (χ0) is 20.8. The molecule has 2 aromatic heterocycles. The number of aryl methyl sites for hydroxylation is 1. The lowest BCUT2D eigenvalue weighted by atomic mass is 10.1. The maximum Gasteiger partial charge on any atom is 0.251 e. The van der Waals surface area contributed by atoms with Gasteiger partial charge in [0.15, 0.2) is 10.8 Å². The van der Waals surface area contributed by atoms with Crippen molar-refractivity contribution in [1.29, 1.82) is 0 Å². The minimum absolute atomic E-state index is 0.0857. The molecule has 0 radical (unpaired) electrons. The Morgan fingerprint density at radius 2 is 1.97 bits per heavy atom. The van der Waals surface area contributed by atoms with Crippen LogP contribution in [-0.4, -0.2) is 44.0 Å². The Hall–Kier alpha value is -2.61. The Morgan fingerprint density at radius 3 is 2.66 bits per heavy atom. The molecule has 1 aromatic carbocycles. The van der Waals surface area contributed by atoms with E-state index in [1.54, 1.807) is 18.0 Å². The molecule has 154 valence electrons. The fraction of sp³-hybridized carbons (Fsp3) is 0.429. The van der Waals surface area contributed by atoms with Crippen LogP contribution in [0.15, 0.2) is 35.6 Å². The molecule has 3 rings (SSSR count). The third-order valence-electron chi connectivity index (χ3n) is 4.26. The molecule has 29 heavy (non-hydrogen) atoms. The van der Waals surface area contributed by atoms with Crippen LogP contribution in [0.2, 0.25) is 0 Å². The highest BCUT2D eigenvalue weighted by Crippen LogP contribution is 2.25. The van der Waals surface area contributed by atoms with Crippen molar-refractivity contribution in [2.75, 3.05) is 17.6 Å². The van der Waals surface area contributed by atoms with Gasteiger partial charge in [-0.25, -0.2) is 14.6 Å². The number of benzene rings is 1. The van der Waals surface area contributed by atoms with Gasteiger partial charge in [-0.3, -0.25) is 4.79 Å². The van der Waals surface area contributed by atoms with Crippen LogP contribution in [-0.2, 0) is 6.54 Å². The first-order valence-corrected chi connectivity index (χ1v) is 10.9. The van der Waals surface area contributed by atoms with Gasteiger partial charge in [-0.15, -0.1) is 0 Å². The molecular formula is C21H28N6OS. The van der Waals surface area contributed by atoms with E-state index in [9.17, 15) is 4.79 Å². The largest absolute Gasteiger partial charge is 0.367 e. The summed E-state index contributed by atoms with van der Waals surface area (Å²) in [4.78, 5) is 21.7. The lowest BCUT2D eigenvalue weighted by molar-refractivity contribution is 0.0952. The van der Waals surface area contributed by atoms with Gasteiger partial charge in [0.2, 0.25) is 0 Å². The molecule has 3 aromatic rings. The zero-order valence-electron chi connectivity index (χ0n) is 17.4. The van der Waals surface area contributed by atoms with Gasteiger partial charge in [0.1, 0.15) is 5.82 Å². The van der Waals surface area contributed by atoms with Crippen molar-refractivity contribution in [3.63, 3.8) is 0 Å². The van der Waals surface area contributed by atoms with Crippen molar-refractivity contribution in [2.24, 2.45) is 0 Å². The second-order valence-electron chi connectivity index (χ2n) is 7.23. The van der Waals surface area contributed by atoms with Gasteiger partial charge in [-0.05, 0) is 39.3 Å². The number of hydrogen-bond acceptors (Lipinski definition) is 6. The number of aromatic nitrogens is 4. The molecule has 1 amide bonds. The number of carbonyl (C=O) groups excluding carboxylic acids is 1. The van der Waals surface area contributed by atoms with E-state index in [1.807, 2.05) is 35.9 Å².